The van der Waals surface area contributed by atoms with Crippen LogP contribution in [0.25, 0.3) is 0 Å². The number of hydrogen-bond acceptors (Lipinski definition) is 3. The minimum absolute atomic E-state index is 0.0624. The summed E-state index contributed by atoms with van der Waals surface area (Å²) >= 11 is 0. The largest absolute Gasteiger partial charge is 0.481 e. The molecule has 106 valence electrons. The highest BCUT2D eigenvalue weighted by molar-refractivity contribution is 5.91. The van der Waals surface area contributed by atoms with E-state index in [2.05, 4.69) is 10.6 Å². The average Bonchev–Trinajstić information content (AvgIpc) is 3.15. The summed E-state index contributed by atoms with van der Waals surface area (Å²) < 4.78 is 0. The quantitative estimate of drug-likeness (QED) is 0.638. The van der Waals surface area contributed by atoms with Crippen molar-refractivity contribution >= 4 is 17.8 Å². The predicted molar refractivity (Wildman–Crippen MR) is 67.2 cm³/mol. The molecule has 6 heteroatoms. The van der Waals surface area contributed by atoms with Crippen LogP contribution in [0.1, 0.15) is 33.1 Å². The van der Waals surface area contributed by atoms with Gasteiger partial charge in [-0.2, -0.15) is 0 Å². The maximum Gasteiger partial charge on any atom is 0.307 e. The van der Waals surface area contributed by atoms with Gasteiger partial charge < -0.3 is 15.7 Å². The lowest BCUT2D eigenvalue weighted by atomic mass is 10.1. The average molecular weight is 268 g/mol. The normalized spacial score (nSPS) is 27.5. The molecule has 6 nitrogen and oxygen atoms in total. The van der Waals surface area contributed by atoms with Crippen LogP contribution in [0.4, 0.5) is 0 Å². The second kappa shape index (κ2) is 4.83. The maximum absolute atomic E-state index is 11.8. The zero-order chi connectivity index (χ0) is 14.2. The highest BCUT2D eigenvalue weighted by atomic mass is 16.4. The Morgan fingerprint density at radius 2 is 1.84 bits per heavy atom. The molecule has 2 rings (SSSR count). The van der Waals surface area contributed by atoms with Gasteiger partial charge in [-0.15, -0.1) is 0 Å². The molecular weight excluding hydrogens is 248 g/mol. The van der Waals surface area contributed by atoms with Gasteiger partial charge >= 0.3 is 5.97 Å². The van der Waals surface area contributed by atoms with Gasteiger partial charge in [0.25, 0.3) is 0 Å². The summed E-state index contributed by atoms with van der Waals surface area (Å²) in [5, 5.41) is 14.5. The van der Waals surface area contributed by atoms with Crippen molar-refractivity contribution in [1.82, 2.24) is 10.6 Å². The van der Waals surface area contributed by atoms with E-state index in [4.69, 9.17) is 5.11 Å². The van der Waals surface area contributed by atoms with Crippen molar-refractivity contribution in [3.8, 4) is 0 Å². The molecule has 0 bridgehead atoms. The first-order valence-electron chi connectivity index (χ1n) is 6.64. The van der Waals surface area contributed by atoms with Crippen LogP contribution in [0.2, 0.25) is 0 Å². The Bertz CT molecular complexity index is 415. The highest BCUT2D eigenvalue weighted by Crippen LogP contribution is 2.58. The zero-order valence-corrected chi connectivity index (χ0v) is 11.2. The van der Waals surface area contributed by atoms with Crippen LogP contribution in [-0.4, -0.2) is 35.5 Å². The second-order valence-corrected chi connectivity index (χ2v) is 6.00. The second-order valence-electron chi connectivity index (χ2n) is 6.00. The fourth-order valence-corrected chi connectivity index (χ4v) is 2.52. The van der Waals surface area contributed by atoms with Gasteiger partial charge in [-0.25, -0.2) is 0 Å². The molecule has 0 radical (unpaired) electrons. The van der Waals surface area contributed by atoms with Crippen molar-refractivity contribution in [3.63, 3.8) is 0 Å². The molecule has 0 spiro atoms. The van der Waals surface area contributed by atoms with Gasteiger partial charge in [-0.1, -0.05) is 13.8 Å². The van der Waals surface area contributed by atoms with E-state index in [1.165, 1.54) is 0 Å². The van der Waals surface area contributed by atoms with Crippen LogP contribution in [0.3, 0.4) is 0 Å². The summed E-state index contributed by atoms with van der Waals surface area (Å²) in [5.41, 5.74) is -0.494. The van der Waals surface area contributed by atoms with E-state index in [1.54, 1.807) is 13.8 Å². The predicted octanol–water partition coefficient (Wildman–Crippen LogP) is 0.128. The summed E-state index contributed by atoms with van der Waals surface area (Å²) in [7, 11) is 0. The van der Waals surface area contributed by atoms with Gasteiger partial charge in [0.1, 0.15) is 0 Å². The Balaban J connectivity index is 1.70. The Labute approximate surface area is 111 Å². The number of hydrogen-bond donors (Lipinski definition) is 3. The Morgan fingerprint density at radius 3 is 2.32 bits per heavy atom. The van der Waals surface area contributed by atoms with Crippen LogP contribution in [0.5, 0.6) is 0 Å². The fourth-order valence-electron chi connectivity index (χ4n) is 2.52. The van der Waals surface area contributed by atoms with Crippen molar-refractivity contribution in [2.45, 2.75) is 39.2 Å². The number of rotatable bonds is 6. The van der Waals surface area contributed by atoms with E-state index in [-0.39, 0.29) is 24.8 Å². The summed E-state index contributed by atoms with van der Waals surface area (Å²) in [6.45, 7) is 3.81. The molecule has 2 aliphatic carbocycles. The van der Waals surface area contributed by atoms with Gasteiger partial charge in [0, 0.05) is 19.0 Å². The Hall–Kier alpha value is -1.59. The van der Waals surface area contributed by atoms with E-state index >= 15 is 0 Å². The Kier molecular flexibility index (Phi) is 3.52. The zero-order valence-electron chi connectivity index (χ0n) is 11.2. The van der Waals surface area contributed by atoms with Crippen molar-refractivity contribution in [3.05, 3.63) is 0 Å². The number of carboxylic acids is 1. The fraction of sp³-hybridized carbons (Fsp3) is 0.769. The lowest BCUT2D eigenvalue weighted by Gasteiger charge is -2.06. The van der Waals surface area contributed by atoms with E-state index in [9.17, 15) is 14.4 Å². The Morgan fingerprint density at radius 1 is 1.21 bits per heavy atom. The topological polar surface area (TPSA) is 95.5 Å². The van der Waals surface area contributed by atoms with Crippen LogP contribution < -0.4 is 10.6 Å². The minimum atomic E-state index is -0.934. The van der Waals surface area contributed by atoms with E-state index in [1.807, 2.05) is 0 Å². The van der Waals surface area contributed by atoms with Gasteiger partial charge in [0.2, 0.25) is 11.8 Å². The van der Waals surface area contributed by atoms with Gasteiger partial charge in [-0.3, -0.25) is 14.4 Å². The molecule has 0 unspecified atom stereocenters. The van der Waals surface area contributed by atoms with Crippen molar-refractivity contribution in [2.24, 2.45) is 17.3 Å². The van der Waals surface area contributed by atoms with Crippen molar-refractivity contribution in [1.29, 1.82) is 0 Å². The van der Waals surface area contributed by atoms with E-state index in [0.29, 0.717) is 6.04 Å². The number of amides is 2. The molecule has 2 saturated carbocycles. The molecule has 19 heavy (non-hydrogen) atoms. The SMILES string of the molecule is CC1(C)[C@H](C(=O)O)[C@@H]1C(=O)NCCC(=O)NC1CC1. The van der Waals surface area contributed by atoms with Crippen LogP contribution >= 0.6 is 0 Å². The van der Waals surface area contributed by atoms with Gasteiger partial charge in [-0.05, 0) is 18.3 Å². The molecule has 0 aromatic heterocycles. The molecule has 3 N–H and O–H groups in total. The van der Waals surface area contributed by atoms with Crippen LogP contribution in [-0.2, 0) is 14.4 Å². The third-order valence-corrected chi connectivity index (χ3v) is 3.97. The molecule has 0 heterocycles. The van der Waals surface area contributed by atoms with Crippen LogP contribution in [0, 0.1) is 17.3 Å². The third kappa shape index (κ3) is 3.05. The lowest BCUT2D eigenvalue weighted by Crippen LogP contribution is -2.33. The maximum atomic E-state index is 11.8. The van der Waals surface area contributed by atoms with Crippen LogP contribution in [0.15, 0.2) is 0 Å². The first-order chi connectivity index (χ1) is 8.84. The molecule has 0 aromatic rings. The molecule has 0 saturated heterocycles. The number of aliphatic carboxylic acids is 1. The molecule has 0 aromatic carbocycles. The molecular formula is C13H20N2O4. The van der Waals surface area contributed by atoms with Gasteiger partial charge in [0.15, 0.2) is 0 Å². The standard InChI is InChI=1S/C13H20N2O4/c1-13(2)9(10(13)12(18)19)11(17)14-6-5-8(16)15-7-3-4-7/h7,9-10H,3-6H2,1-2H3,(H,14,17)(H,15,16)(H,18,19)/t9-,10+/m1/s1. The first kappa shape index (κ1) is 13.8. The molecule has 2 fully saturated rings. The number of nitrogens with one attached hydrogen (secondary N) is 2. The molecule has 2 atom stereocenters. The van der Waals surface area contributed by atoms with Crippen molar-refractivity contribution < 1.29 is 19.5 Å². The summed E-state index contributed by atoms with van der Waals surface area (Å²) in [4.78, 5) is 34.2. The number of carboxylic acid groups (broad SMARTS) is 1. The molecule has 2 aliphatic rings. The number of carbonyl (C=O) groups excluding carboxylic acids is 2. The lowest BCUT2D eigenvalue weighted by molar-refractivity contribution is -0.140. The van der Waals surface area contributed by atoms with E-state index in [0.717, 1.165) is 12.8 Å². The molecule has 0 aliphatic heterocycles. The summed E-state index contributed by atoms with van der Waals surface area (Å²) in [6.07, 6.45) is 2.32. The summed E-state index contributed by atoms with van der Waals surface area (Å²) in [5.74, 6) is -2.37. The van der Waals surface area contributed by atoms with E-state index < -0.39 is 23.2 Å². The number of carbonyl (C=O) groups is 3. The third-order valence-electron chi connectivity index (χ3n) is 3.97. The van der Waals surface area contributed by atoms with Gasteiger partial charge in [0.05, 0.1) is 11.8 Å². The monoisotopic (exact) mass is 268 g/mol. The summed E-state index contributed by atoms with van der Waals surface area (Å²) in [6, 6.07) is 0.321. The highest BCUT2D eigenvalue weighted by Gasteiger charge is 2.65. The smallest absolute Gasteiger partial charge is 0.307 e. The van der Waals surface area contributed by atoms with Crippen molar-refractivity contribution in [2.75, 3.05) is 6.54 Å². The molecule has 2 amide bonds. The minimum Gasteiger partial charge on any atom is -0.481 e. The first-order valence-corrected chi connectivity index (χ1v) is 6.64.